The molecule has 21 heavy (non-hydrogen) atoms. The van der Waals surface area contributed by atoms with Gasteiger partial charge in [-0.1, -0.05) is 20.8 Å². The lowest BCUT2D eigenvalue weighted by atomic mass is 9.88. The number of carbonyl (C=O) groups is 1. The largest absolute Gasteiger partial charge is 0.487 e. The van der Waals surface area contributed by atoms with Crippen molar-refractivity contribution >= 4 is 11.6 Å². The molecule has 1 aromatic rings. The lowest BCUT2D eigenvalue weighted by Crippen LogP contribution is -2.42. The van der Waals surface area contributed by atoms with Crippen molar-refractivity contribution in [3.8, 4) is 5.75 Å². The minimum Gasteiger partial charge on any atom is -0.487 e. The van der Waals surface area contributed by atoms with Gasteiger partial charge in [0.25, 0.3) is 0 Å². The Morgan fingerprint density at radius 2 is 2.10 bits per heavy atom. The van der Waals surface area contributed by atoms with Gasteiger partial charge in [0.15, 0.2) is 0 Å². The third-order valence-corrected chi connectivity index (χ3v) is 3.52. The van der Waals surface area contributed by atoms with Gasteiger partial charge >= 0.3 is 0 Å². The highest BCUT2D eigenvalue weighted by molar-refractivity contribution is 5.77. The Morgan fingerprint density at radius 3 is 2.71 bits per heavy atom. The van der Waals surface area contributed by atoms with Crippen molar-refractivity contribution in [3.05, 3.63) is 23.8 Å². The Bertz CT molecular complexity index is 544. The number of fused-ring (bicyclic) bond motifs is 1. The van der Waals surface area contributed by atoms with Gasteiger partial charge in [0, 0.05) is 24.1 Å². The van der Waals surface area contributed by atoms with Gasteiger partial charge in [-0.05, 0) is 37.5 Å². The standard InChI is InChI=1S/C17H26N2O2/c1-16(2,3)10-15(20)19-13-9-17(4,5)21-14-7-6-11(18)8-12(13)14/h6-8,13H,9-10,18H2,1-5H3,(H,19,20). The minimum absolute atomic E-state index is 0.0245. The average molecular weight is 290 g/mol. The predicted octanol–water partition coefficient (Wildman–Crippen LogP) is 3.42. The molecular weight excluding hydrogens is 264 g/mol. The van der Waals surface area contributed by atoms with Gasteiger partial charge in [-0.25, -0.2) is 0 Å². The maximum atomic E-state index is 12.2. The summed E-state index contributed by atoms with van der Waals surface area (Å²) in [5.74, 6) is 0.875. The molecule has 0 aromatic heterocycles. The van der Waals surface area contributed by atoms with Gasteiger partial charge in [-0.3, -0.25) is 4.79 Å². The quantitative estimate of drug-likeness (QED) is 0.820. The van der Waals surface area contributed by atoms with Crippen LogP contribution in [0.25, 0.3) is 0 Å². The molecule has 0 spiro atoms. The van der Waals surface area contributed by atoms with E-state index in [1.54, 1.807) is 0 Å². The molecule has 1 unspecified atom stereocenters. The zero-order valence-corrected chi connectivity index (χ0v) is 13.6. The van der Waals surface area contributed by atoms with Crippen LogP contribution in [0.15, 0.2) is 18.2 Å². The molecule has 1 atom stereocenters. The summed E-state index contributed by atoms with van der Waals surface area (Å²) >= 11 is 0. The van der Waals surface area contributed by atoms with Gasteiger partial charge in [-0.2, -0.15) is 0 Å². The van der Waals surface area contributed by atoms with Crippen LogP contribution in [-0.4, -0.2) is 11.5 Å². The molecule has 4 heteroatoms. The number of benzene rings is 1. The molecule has 0 bridgehead atoms. The molecule has 1 heterocycles. The van der Waals surface area contributed by atoms with E-state index < -0.39 is 0 Å². The summed E-state index contributed by atoms with van der Waals surface area (Å²) in [7, 11) is 0. The second-order valence-electron chi connectivity index (χ2n) is 7.72. The molecule has 1 aliphatic heterocycles. The number of nitrogens with one attached hydrogen (secondary N) is 1. The highest BCUT2D eigenvalue weighted by Crippen LogP contribution is 2.40. The summed E-state index contributed by atoms with van der Waals surface area (Å²) in [6.07, 6.45) is 1.24. The fraction of sp³-hybridized carbons (Fsp3) is 0.588. The number of nitrogens with two attached hydrogens (primary N) is 1. The Hall–Kier alpha value is -1.71. The number of nitrogen functional groups attached to an aromatic ring is 1. The fourth-order valence-corrected chi connectivity index (χ4v) is 2.73. The van der Waals surface area contributed by atoms with Crippen molar-refractivity contribution < 1.29 is 9.53 Å². The number of hydrogen-bond acceptors (Lipinski definition) is 3. The molecule has 1 aliphatic rings. The van der Waals surface area contributed by atoms with Crippen LogP contribution in [0, 0.1) is 5.41 Å². The van der Waals surface area contributed by atoms with E-state index in [1.165, 1.54) is 0 Å². The summed E-state index contributed by atoms with van der Waals surface area (Å²) in [6.45, 7) is 10.3. The van der Waals surface area contributed by atoms with Crippen molar-refractivity contribution in [3.63, 3.8) is 0 Å². The van der Waals surface area contributed by atoms with Crippen LogP contribution in [0.3, 0.4) is 0 Å². The van der Waals surface area contributed by atoms with Crippen LogP contribution < -0.4 is 15.8 Å². The van der Waals surface area contributed by atoms with Crippen LogP contribution in [0.4, 0.5) is 5.69 Å². The van der Waals surface area contributed by atoms with E-state index in [4.69, 9.17) is 10.5 Å². The number of anilines is 1. The van der Waals surface area contributed by atoms with E-state index >= 15 is 0 Å². The maximum absolute atomic E-state index is 12.2. The molecule has 0 saturated heterocycles. The Balaban J connectivity index is 2.23. The molecular formula is C17H26N2O2. The van der Waals surface area contributed by atoms with Crippen LogP contribution in [-0.2, 0) is 4.79 Å². The molecule has 3 N–H and O–H groups in total. The fourth-order valence-electron chi connectivity index (χ4n) is 2.73. The van der Waals surface area contributed by atoms with Crippen molar-refractivity contribution in [2.75, 3.05) is 5.73 Å². The summed E-state index contributed by atoms with van der Waals surface area (Å²) in [6, 6.07) is 5.55. The molecule has 0 aliphatic carbocycles. The Morgan fingerprint density at radius 1 is 1.43 bits per heavy atom. The van der Waals surface area contributed by atoms with Crippen LogP contribution >= 0.6 is 0 Å². The molecule has 116 valence electrons. The lowest BCUT2D eigenvalue weighted by molar-refractivity contribution is -0.124. The first kappa shape index (κ1) is 15.7. The maximum Gasteiger partial charge on any atom is 0.221 e. The van der Waals surface area contributed by atoms with Crippen LogP contribution in [0.5, 0.6) is 5.75 Å². The van der Waals surface area contributed by atoms with Crippen LogP contribution in [0.1, 0.15) is 59.1 Å². The minimum atomic E-state index is -0.303. The summed E-state index contributed by atoms with van der Waals surface area (Å²) in [5, 5.41) is 3.14. The number of rotatable bonds is 2. The second kappa shape index (κ2) is 5.24. The van der Waals surface area contributed by atoms with Crippen molar-refractivity contribution in [1.82, 2.24) is 5.32 Å². The van der Waals surface area contributed by atoms with Crippen molar-refractivity contribution in [2.45, 2.75) is 59.1 Å². The predicted molar refractivity (Wildman–Crippen MR) is 85.1 cm³/mol. The van der Waals surface area contributed by atoms with Crippen molar-refractivity contribution in [2.24, 2.45) is 5.41 Å². The molecule has 1 aromatic carbocycles. The van der Waals surface area contributed by atoms with Gasteiger partial charge in [0.2, 0.25) is 5.91 Å². The third kappa shape index (κ3) is 4.13. The van der Waals surface area contributed by atoms with E-state index in [-0.39, 0.29) is 23.0 Å². The molecule has 1 amide bonds. The Labute approximate surface area is 127 Å². The highest BCUT2D eigenvalue weighted by Gasteiger charge is 2.35. The first-order valence-electron chi connectivity index (χ1n) is 7.44. The van der Waals surface area contributed by atoms with E-state index in [1.807, 2.05) is 32.0 Å². The molecule has 2 rings (SSSR count). The molecule has 4 nitrogen and oxygen atoms in total. The normalized spacial score (nSPS) is 20.3. The summed E-state index contributed by atoms with van der Waals surface area (Å²) in [5.41, 5.74) is 7.20. The molecule has 0 radical (unpaired) electrons. The highest BCUT2D eigenvalue weighted by atomic mass is 16.5. The third-order valence-electron chi connectivity index (χ3n) is 3.52. The van der Waals surface area contributed by atoms with Crippen molar-refractivity contribution in [1.29, 1.82) is 0 Å². The van der Waals surface area contributed by atoms with Gasteiger partial charge < -0.3 is 15.8 Å². The number of carbonyl (C=O) groups excluding carboxylic acids is 1. The number of ether oxygens (including phenoxy) is 1. The summed E-state index contributed by atoms with van der Waals surface area (Å²) < 4.78 is 5.98. The SMILES string of the molecule is CC(C)(C)CC(=O)NC1CC(C)(C)Oc2ccc(N)cc21. The average Bonchev–Trinajstić information content (AvgIpc) is 2.26. The van der Waals surface area contributed by atoms with E-state index in [0.717, 1.165) is 17.7 Å². The molecule has 0 saturated carbocycles. The van der Waals surface area contributed by atoms with Gasteiger partial charge in [-0.15, -0.1) is 0 Å². The van der Waals surface area contributed by atoms with E-state index in [9.17, 15) is 4.79 Å². The first-order valence-corrected chi connectivity index (χ1v) is 7.44. The Kier molecular flexibility index (Phi) is 3.91. The smallest absolute Gasteiger partial charge is 0.221 e. The lowest BCUT2D eigenvalue weighted by Gasteiger charge is -2.38. The molecule has 0 fully saturated rings. The van der Waals surface area contributed by atoms with E-state index in [2.05, 4.69) is 26.1 Å². The summed E-state index contributed by atoms with van der Waals surface area (Å²) in [4.78, 5) is 12.2. The first-order chi connectivity index (χ1) is 9.56. The monoisotopic (exact) mass is 290 g/mol. The van der Waals surface area contributed by atoms with Crippen LogP contribution in [0.2, 0.25) is 0 Å². The number of amides is 1. The van der Waals surface area contributed by atoms with Gasteiger partial charge in [0.1, 0.15) is 11.4 Å². The number of hydrogen-bond donors (Lipinski definition) is 2. The zero-order chi connectivity index (χ0) is 15.8. The van der Waals surface area contributed by atoms with E-state index in [0.29, 0.717) is 12.1 Å². The zero-order valence-electron chi connectivity index (χ0n) is 13.6. The topological polar surface area (TPSA) is 64.3 Å². The second-order valence-corrected chi connectivity index (χ2v) is 7.72. The van der Waals surface area contributed by atoms with Gasteiger partial charge in [0.05, 0.1) is 6.04 Å².